The summed E-state index contributed by atoms with van der Waals surface area (Å²) in [5.74, 6) is -0.886. The minimum Gasteiger partial charge on any atom is -0.462 e. The number of unbranched alkanes of at least 4 members (excludes halogenated alkanes) is 38. The van der Waals surface area contributed by atoms with Crippen LogP contribution in [0.1, 0.15) is 342 Å². The Balaban J connectivity index is 4.16. The maximum atomic E-state index is 12.9. The van der Waals surface area contributed by atoms with Crippen LogP contribution in [0.4, 0.5) is 0 Å². The lowest BCUT2D eigenvalue weighted by Crippen LogP contribution is -2.30. The second-order valence-electron chi connectivity index (χ2n) is 22.4. The fourth-order valence-corrected chi connectivity index (χ4v) is 9.70. The lowest BCUT2D eigenvalue weighted by Gasteiger charge is -2.18. The highest BCUT2D eigenvalue weighted by Crippen LogP contribution is 2.17. The number of hydrogen-bond acceptors (Lipinski definition) is 6. The summed E-state index contributed by atoms with van der Waals surface area (Å²) < 4.78 is 16.9. The fraction of sp³-hybridized carbons (Fsp3) is 0.789. The fourth-order valence-electron chi connectivity index (χ4n) is 9.70. The standard InChI is InChI=1S/C71H126O6/c1-4-7-10-13-16-19-21-23-25-27-29-31-32-33-34-35-36-37-38-40-41-43-45-47-49-52-55-58-61-64-70(73)76-67-68(66-75-69(72)63-60-57-54-51-18-15-12-9-6-3)77-71(74)65-62-59-56-53-50-48-46-44-42-39-30-28-26-24-22-20-17-14-11-8-5-2/h8,11,17,20,24,26-27,29-30,39,44,46,68H,4-7,9-10,12-16,18-19,21-23,25,28,31-38,40-43,45,47-67H2,1-3H3/b11-8-,20-17-,26-24-,29-27-,39-30-,46-44-. The minimum atomic E-state index is -0.784. The number of esters is 3. The molecule has 0 heterocycles. The molecule has 0 aliphatic heterocycles. The van der Waals surface area contributed by atoms with Gasteiger partial charge >= 0.3 is 17.9 Å². The average Bonchev–Trinajstić information content (AvgIpc) is 3.43. The van der Waals surface area contributed by atoms with E-state index in [2.05, 4.69) is 93.7 Å². The van der Waals surface area contributed by atoms with E-state index in [9.17, 15) is 14.4 Å². The molecule has 0 N–H and O–H groups in total. The van der Waals surface area contributed by atoms with E-state index >= 15 is 0 Å². The molecule has 0 amide bonds. The van der Waals surface area contributed by atoms with E-state index < -0.39 is 6.10 Å². The Hall–Kier alpha value is -3.15. The van der Waals surface area contributed by atoms with Gasteiger partial charge in [-0.15, -0.1) is 0 Å². The van der Waals surface area contributed by atoms with Gasteiger partial charge in [0.15, 0.2) is 6.10 Å². The van der Waals surface area contributed by atoms with E-state index in [1.54, 1.807) is 0 Å². The molecule has 0 spiro atoms. The smallest absolute Gasteiger partial charge is 0.306 e. The Bertz CT molecular complexity index is 1420. The summed E-state index contributed by atoms with van der Waals surface area (Å²) in [6, 6.07) is 0. The van der Waals surface area contributed by atoms with Crippen molar-refractivity contribution in [3.8, 4) is 0 Å². The highest BCUT2D eigenvalue weighted by atomic mass is 16.6. The van der Waals surface area contributed by atoms with Crippen molar-refractivity contribution in [3.63, 3.8) is 0 Å². The number of allylic oxidation sites excluding steroid dienone is 12. The predicted molar refractivity (Wildman–Crippen MR) is 335 cm³/mol. The first-order valence-electron chi connectivity index (χ1n) is 33.4. The van der Waals surface area contributed by atoms with Gasteiger partial charge in [-0.25, -0.2) is 0 Å². The monoisotopic (exact) mass is 1070 g/mol. The molecule has 0 bridgehead atoms. The molecule has 77 heavy (non-hydrogen) atoms. The van der Waals surface area contributed by atoms with Crippen LogP contribution in [0, 0.1) is 0 Å². The summed E-state index contributed by atoms with van der Waals surface area (Å²) in [7, 11) is 0. The van der Waals surface area contributed by atoms with E-state index in [-0.39, 0.29) is 31.1 Å². The van der Waals surface area contributed by atoms with Gasteiger partial charge < -0.3 is 14.2 Å². The van der Waals surface area contributed by atoms with Crippen molar-refractivity contribution in [1.82, 2.24) is 0 Å². The number of carbonyl (C=O) groups is 3. The molecule has 0 aromatic heterocycles. The third kappa shape index (κ3) is 63.6. The highest BCUT2D eigenvalue weighted by Gasteiger charge is 2.19. The van der Waals surface area contributed by atoms with Crippen LogP contribution in [0.2, 0.25) is 0 Å². The van der Waals surface area contributed by atoms with Gasteiger partial charge in [0.05, 0.1) is 0 Å². The maximum Gasteiger partial charge on any atom is 0.306 e. The van der Waals surface area contributed by atoms with Gasteiger partial charge in [0.2, 0.25) is 0 Å². The molecule has 1 unspecified atom stereocenters. The second kappa shape index (κ2) is 65.4. The molecule has 6 heteroatoms. The van der Waals surface area contributed by atoms with Gasteiger partial charge in [-0.3, -0.25) is 14.4 Å². The molecule has 0 aromatic carbocycles. The van der Waals surface area contributed by atoms with E-state index in [0.29, 0.717) is 19.3 Å². The average molecular weight is 1080 g/mol. The highest BCUT2D eigenvalue weighted by molar-refractivity contribution is 5.71. The third-order valence-corrected chi connectivity index (χ3v) is 14.7. The lowest BCUT2D eigenvalue weighted by atomic mass is 10.0. The van der Waals surface area contributed by atoms with Crippen molar-refractivity contribution in [2.75, 3.05) is 13.2 Å². The van der Waals surface area contributed by atoms with Gasteiger partial charge in [-0.05, 0) is 89.9 Å². The molecular formula is C71H126O6. The van der Waals surface area contributed by atoms with Crippen LogP contribution in [0.5, 0.6) is 0 Å². The quantitative estimate of drug-likeness (QED) is 0.0261. The van der Waals surface area contributed by atoms with E-state index in [0.717, 1.165) is 109 Å². The van der Waals surface area contributed by atoms with Gasteiger partial charge in [0.1, 0.15) is 13.2 Å². The maximum absolute atomic E-state index is 12.9. The molecule has 6 nitrogen and oxygen atoms in total. The zero-order valence-electron chi connectivity index (χ0n) is 51.2. The van der Waals surface area contributed by atoms with E-state index in [1.165, 1.54) is 193 Å². The van der Waals surface area contributed by atoms with Crippen LogP contribution in [0.25, 0.3) is 0 Å². The molecule has 0 saturated heterocycles. The lowest BCUT2D eigenvalue weighted by molar-refractivity contribution is -0.167. The number of ether oxygens (including phenoxy) is 3. The largest absolute Gasteiger partial charge is 0.462 e. The van der Waals surface area contributed by atoms with Gasteiger partial charge in [0, 0.05) is 19.3 Å². The molecule has 0 aromatic rings. The number of hydrogen-bond donors (Lipinski definition) is 0. The summed E-state index contributed by atoms with van der Waals surface area (Å²) in [5, 5.41) is 0. The molecule has 0 saturated carbocycles. The number of carbonyl (C=O) groups excluding carboxylic acids is 3. The van der Waals surface area contributed by atoms with Crippen molar-refractivity contribution in [2.24, 2.45) is 0 Å². The Morgan fingerprint density at radius 2 is 0.506 bits per heavy atom. The van der Waals surface area contributed by atoms with Crippen LogP contribution in [-0.4, -0.2) is 37.2 Å². The summed E-state index contributed by atoms with van der Waals surface area (Å²) in [5.41, 5.74) is 0. The number of rotatable bonds is 61. The Morgan fingerprint density at radius 3 is 0.805 bits per heavy atom. The summed E-state index contributed by atoms with van der Waals surface area (Å²) in [4.78, 5) is 38.2. The Kier molecular flexibility index (Phi) is 62.7. The van der Waals surface area contributed by atoms with Crippen molar-refractivity contribution in [1.29, 1.82) is 0 Å². The van der Waals surface area contributed by atoms with Crippen LogP contribution in [-0.2, 0) is 28.6 Å². The SMILES string of the molecule is CC/C=C\C/C=C\C/C=C\C/C=C\C/C=C\CCCCCCCC(=O)OC(COC(=O)CCCCCCCCCCC)COC(=O)CCCCCCCCCCCCCCCCCCC/C=C\CCCCCCCCCC. The first-order chi connectivity index (χ1) is 38.0. The predicted octanol–water partition coefficient (Wildman–Crippen LogP) is 22.9. The first kappa shape index (κ1) is 73.8. The molecule has 0 radical (unpaired) electrons. The summed E-state index contributed by atoms with van der Waals surface area (Å²) >= 11 is 0. The molecule has 446 valence electrons. The van der Waals surface area contributed by atoms with Gasteiger partial charge in [-0.1, -0.05) is 306 Å². The van der Waals surface area contributed by atoms with Crippen LogP contribution in [0.15, 0.2) is 72.9 Å². The zero-order chi connectivity index (χ0) is 55.7. The van der Waals surface area contributed by atoms with Crippen molar-refractivity contribution < 1.29 is 28.6 Å². The third-order valence-electron chi connectivity index (χ3n) is 14.7. The summed E-state index contributed by atoms with van der Waals surface area (Å²) in [6.45, 7) is 6.53. The Labute approximate surface area is 478 Å². The van der Waals surface area contributed by atoms with Crippen LogP contribution < -0.4 is 0 Å². The topological polar surface area (TPSA) is 78.9 Å². The Morgan fingerprint density at radius 1 is 0.273 bits per heavy atom. The normalized spacial score (nSPS) is 12.5. The summed E-state index contributed by atoms with van der Waals surface area (Å²) in [6.07, 6.45) is 85.1. The van der Waals surface area contributed by atoms with E-state index in [4.69, 9.17) is 14.2 Å². The van der Waals surface area contributed by atoms with Crippen LogP contribution >= 0.6 is 0 Å². The van der Waals surface area contributed by atoms with Gasteiger partial charge in [-0.2, -0.15) is 0 Å². The molecule has 0 rings (SSSR count). The van der Waals surface area contributed by atoms with Crippen LogP contribution in [0.3, 0.4) is 0 Å². The van der Waals surface area contributed by atoms with Crippen molar-refractivity contribution in [2.45, 2.75) is 348 Å². The molecular weight excluding hydrogens is 949 g/mol. The second-order valence-corrected chi connectivity index (χ2v) is 22.4. The van der Waals surface area contributed by atoms with E-state index in [1.807, 2.05) is 0 Å². The van der Waals surface area contributed by atoms with Crippen molar-refractivity contribution >= 4 is 17.9 Å². The zero-order valence-corrected chi connectivity index (χ0v) is 51.2. The molecule has 0 aliphatic rings. The molecule has 0 aliphatic carbocycles. The van der Waals surface area contributed by atoms with Gasteiger partial charge in [0.25, 0.3) is 0 Å². The molecule has 0 fully saturated rings. The van der Waals surface area contributed by atoms with Crippen molar-refractivity contribution in [3.05, 3.63) is 72.9 Å². The first-order valence-corrected chi connectivity index (χ1v) is 33.4. The molecule has 1 atom stereocenters. The minimum absolute atomic E-state index is 0.0799.